The van der Waals surface area contributed by atoms with Gasteiger partial charge in [0.2, 0.25) is 0 Å². The van der Waals surface area contributed by atoms with Gasteiger partial charge in [-0.2, -0.15) is 0 Å². The Labute approximate surface area is 106 Å². The fourth-order valence-corrected chi connectivity index (χ4v) is 2.95. The van der Waals surface area contributed by atoms with Gasteiger partial charge < -0.3 is 14.7 Å². The summed E-state index contributed by atoms with van der Waals surface area (Å²) in [4.78, 5) is 13.7. The molecular weight excluding hydrogens is 230 g/mol. The molecule has 3 rings (SSSR count). The van der Waals surface area contributed by atoms with E-state index >= 15 is 0 Å². The van der Waals surface area contributed by atoms with E-state index in [0.717, 1.165) is 12.0 Å². The molecule has 1 saturated carbocycles. The van der Waals surface area contributed by atoms with Crippen molar-refractivity contribution in [2.75, 3.05) is 6.54 Å². The zero-order valence-electron chi connectivity index (χ0n) is 10.2. The molecule has 1 amide bonds. The van der Waals surface area contributed by atoms with Crippen molar-refractivity contribution < 1.29 is 14.6 Å². The first-order valence-corrected chi connectivity index (χ1v) is 6.39. The molecule has 0 aromatic heterocycles. The molecule has 1 heterocycles. The molecule has 4 nitrogen and oxygen atoms in total. The Kier molecular flexibility index (Phi) is 2.96. The number of piperidine rings is 1. The van der Waals surface area contributed by atoms with Crippen molar-refractivity contribution in [1.29, 1.82) is 0 Å². The average Bonchev–Trinajstić information content (AvgIpc) is 2.96. The molecule has 4 heteroatoms. The van der Waals surface area contributed by atoms with Crippen molar-refractivity contribution in [3.8, 4) is 0 Å². The summed E-state index contributed by atoms with van der Waals surface area (Å²) in [5.74, 6) is 0.249. The van der Waals surface area contributed by atoms with Crippen LogP contribution in [0.4, 0.5) is 4.79 Å². The van der Waals surface area contributed by atoms with E-state index in [-0.39, 0.29) is 24.2 Å². The third kappa shape index (κ3) is 2.08. The van der Waals surface area contributed by atoms with Gasteiger partial charge in [0.05, 0.1) is 6.10 Å². The lowest BCUT2D eigenvalue weighted by atomic mass is 10.1. The van der Waals surface area contributed by atoms with Gasteiger partial charge >= 0.3 is 6.09 Å². The highest BCUT2D eigenvalue weighted by Gasteiger charge is 2.46. The van der Waals surface area contributed by atoms with Crippen LogP contribution in [0.15, 0.2) is 30.3 Å². The van der Waals surface area contributed by atoms with Crippen molar-refractivity contribution in [1.82, 2.24) is 4.90 Å². The number of ether oxygens (including phenoxy) is 1. The summed E-state index contributed by atoms with van der Waals surface area (Å²) >= 11 is 0. The Balaban J connectivity index is 1.54. The van der Waals surface area contributed by atoms with Crippen molar-refractivity contribution >= 4 is 6.09 Å². The van der Waals surface area contributed by atoms with Crippen LogP contribution < -0.4 is 0 Å². The molecule has 1 aromatic rings. The zero-order chi connectivity index (χ0) is 12.5. The maximum Gasteiger partial charge on any atom is 0.410 e. The lowest BCUT2D eigenvalue weighted by Gasteiger charge is -2.28. The van der Waals surface area contributed by atoms with Gasteiger partial charge in [0.15, 0.2) is 0 Å². The third-order valence-electron chi connectivity index (χ3n) is 3.94. The SMILES string of the molecule is O=C(OCc1ccccc1)N1C[C@@H]2C[C@H]1C[C@H]2O. The topological polar surface area (TPSA) is 49.8 Å². The third-order valence-corrected chi connectivity index (χ3v) is 3.94. The minimum atomic E-state index is -0.252. The van der Waals surface area contributed by atoms with E-state index in [2.05, 4.69) is 0 Å². The standard InChI is InChI=1S/C14H17NO3/c16-13-7-12-6-11(13)8-15(12)14(17)18-9-10-4-2-1-3-5-10/h1-5,11-13,16H,6-9H2/t11-,12-,13+/m0/s1. The van der Waals surface area contributed by atoms with Gasteiger partial charge in [0.25, 0.3) is 0 Å². The number of aliphatic hydroxyl groups excluding tert-OH is 1. The van der Waals surface area contributed by atoms with Crippen LogP contribution in [0, 0.1) is 5.92 Å². The van der Waals surface area contributed by atoms with E-state index < -0.39 is 0 Å². The van der Waals surface area contributed by atoms with Crippen LogP contribution in [0.5, 0.6) is 0 Å². The predicted molar refractivity (Wildman–Crippen MR) is 65.9 cm³/mol. The first kappa shape index (κ1) is 11.5. The van der Waals surface area contributed by atoms with E-state index in [0.29, 0.717) is 19.6 Å². The molecule has 1 N–H and O–H groups in total. The quantitative estimate of drug-likeness (QED) is 0.866. The van der Waals surface area contributed by atoms with Crippen molar-refractivity contribution in [3.05, 3.63) is 35.9 Å². The van der Waals surface area contributed by atoms with Gasteiger partial charge in [-0.1, -0.05) is 30.3 Å². The highest BCUT2D eigenvalue weighted by Crippen LogP contribution is 2.37. The fraction of sp³-hybridized carbons (Fsp3) is 0.500. The fourth-order valence-electron chi connectivity index (χ4n) is 2.95. The number of hydrogen-bond acceptors (Lipinski definition) is 3. The Morgan fingerprint density at radius 2 is 2.11 bits per heavy atom. The Morgan fingerprint density at radius 1 is 1.33 bits per heavy atom. The number of benzene rings is 1. The van der Waals surface area contributed by atoms with Gasteiger partial charge in [0, 0.05) is 18.5 Å². The minimum Gasteiger partial charge on any atom is -0.445 e. The second-order valence-corrected chi connectivity index (χ2v) is 5.15. The average molecular weight is 247 g/mol. The number of fused-ring (bicyclic) bond motifs is 2. The number of nitrogens with zero attached hydrogens (tertiary/aromatic N) is 1. The number of amides is 1. The molecule has 0 spiro atoms. The molecule has 1 saturated heterocycles. The normalized spacial score (nSPS) is 29.6. The van der Waals surface area contributed by atoms with E-state index in [1.54, 1.807) is 4.90 Å². The molecule has 18 heavy (non-hydrogen) atoms. The van der Waals surface area contributed by atoms with E-state index in [1.807, 2.05) is 30.3 Å². The van der Waals surface area contributed by atoms with Crippen LogP contribution in [0.3, 0.4) is 0 Å². The summed E-state index contributed by atoms with van der Waals surface area (Å²) in [5.41, 5.74) is 0.996. The maximum absolute atomic E-state index is 11.9. The van der Waals surface area contributed by atoms with Crippen molar-refractivity contribution in [2.45, 2.75) is 31.6 Å². The molecule has 96 valence electrons. The predicted octanol–water partition coefficient (Wildman–Crippen LogP) is 1.78. The monoisotopic (exact) mass is 247 g/mol. The maximum atomic E-state index is 11.9. The number of rotatable bonds is 2. The summed E-state index contributed by atoms with van der Waals surface area (Å²) in [5, 5.41) is 9.65. The second-order valence-electron chi connectivity index (χ2n) is 5.15. The van der Waals surface area contributed by atoms with Crippen molar-refractivity contribution in [3.63, 3.8) is 0 Å². The van der Waals surface area contributed by atoms with Crippen LogP contribution >= 0.6 is 0 Å². The van der Waals surface area contributed by atoms with Crippen LogP contribution in [-0.2, 0) is 11.3 Å². The molecule has 0 unspecified atom stereocenters. The lowest BCUT2D eigenvalue weighted by molar-refractivity contribution is 0.0517. The number of likely N-dealkylation sites (tertiary alicyclic amines) is 1. The molecule has 1 aliphatic heterocycles. The molecule has 2 bridgehead atoms. The molecule has 0 radical (unpaired) electrons. The number of hydrogen-bond donors (Lipinski definition) is 1. The first-order chi connectivity index (χ1) is 8.74. The number of carbonyl (C=O) groups excluding carboxylic acids is 1. The summed E-state index contributed by atoms with van der Waals surface area (Å²) in [6.45, 7) is 0.954. The molecule has 2 aliphatic rings. The van der Waals surface area contributed by atoms with Crippen LogP contribution in [0.25, 0.3) is 0 Å². The van der Waals surface area contributed by atoms with E-state index in [9.17, 15) is 9.90 Å². The van der Waals surface area contributed by atoms with Crippen molar-refractivity contribution in [2.24, 2.45) is 5.92 Å². The molecule has 1 aromatic carbocycles. The molecule has 1 aliphatic carbocycles. The Hall–Kier alpha value is -1.55. The summed E-state index contributed by atoms with van der Waals surface area (Å²) in [7, 11) is 0. The number of aliphatic hydroxyl groups is 1. The van der Waals surface area contributed by atoms with E-state index in [1.165, 1.54) is 0 Å². The minimum absolute atomic E-state index is 0.174. The number of carbonyl (C=O) groups is 1. The summed E-state index contributed by atoms with van der Waals surface area (Å²) < 4.78 is 5.31. The molecule has 2 fully saturated rings. The molecule has 3 atom stereocenters. The van der Waals surface area contributed by atoms with Gasteiger partial charge in [-0.3, -0.25) is 0 Å². The Bertz CT molecular complexity index is 432. The van der Waals surface area contributed by atoms with Crippen LogP contribution in [-0.4, -0.2) is 34.8 Å². The molecular formula is C14H17NO3. The highest BCUT2D eigenvalue weighted by molar-refractivity contribution is 5.68. The lowest BCUT2D eigenvalue weighted by Crippen LogP contribution is -2.41. The largest absolute Gasteiger partial charge is 0.445 e. The van der Waals surface area contributed by atoms with Gasteiger partial charge in [0.1, 0.15) is 6.61 Å². The van der Waals surface area contributed by atoms with Gasteiger partial charge in [-0.15, -0.1) is 0 Å². The summed E-state index contributed by atoms with van der Waals surface area (Å²) in [6, 6.07) is 9.84. The highest BCUT2D eigenvalue weighted by atomic mass is 16.6. The first-order valence-electron chi connectivity index (χ1n) is 6.39. The van der Waals surface area contributed by atoms with Crippen LogP contribution in [0.2, 0.25) is 0 Å². The van der Waals surface area contributed by atoms with Gasteiger partial charge in [-0.05, 0) is 18.4 Å². The van der Waals surface area contributed by atoms with Crippen LogP contribution in [0.1, 0.15) is 18.4 Å². The zero-order valence-corrected chi connectivity index (χ0v) is 10.2. The Morgan fingerprint density at radius 3 is 2.72 bits per heavy atom. The van der Waals surface area contributed by atoms with Gasteiger partial charge in [-0.25, -0.2) is 4.79 Å². The second kappa shape index (κ2) is 4.61. The summed E-state index contributed by atoms with van der Waals surface area (Å²) in [6.07, 6.45) is 1.14. The smallest absolute Gasteiger partial charge is 0.410 e. The van der Waals surface area contributed by atoms with E-state index in [4.69, 9.17) is 4.74 Å².